The van der Waals surface area contributed by atoms with Crippen LogP contribution in [-0.2, 0) is 13.5 Å². The van der Waals surface area contributed by atoms with E-state index < -0.39 is 0 Å². The molecule has 0 fully saturated rings. The van der Waals surface area contributed by atoms with Crippen molar-refractivity contribution in [3.8, 4) is 0 Å². The third-order valence-corrected chi connectivity index (χ3v) is 3.76. The number of nitrogens with one attached hydrogen (secondary N) is 1. The summed E-state index contributed by atoms with van der Waals surface area (Å²) in [4.78, 5) is 0. The zero-order valence-corrected chi connectivity index (χ0v) is 12.5. The third-order valence-electron chi connectivity index (χ3n) is 3.76. The Kier molecular flexibility index (Phi) is 5.79. The lowest BCUT2D eigenvalue weighted by atomic mass is 9.78. The molecule has 1 rings (SSSR count). The van der Waals surface area contributed by atoms with Crippen LogP contribution < -0.4 is 5.32 Å². The largest absolute Gasteiger partial charge is 0.316 e. The quantitative estimate of drug-likeness (QED) is 0.772. The van der Waals surface area contributed by atoms with Gasteiger partial charge in [0.25, 0.3) is 0 Å². The number of nitrogens with zero attached hydrogens (tertiary/aromatic N) is 3. The molecule has 104 valence electrons. The fourth-order valence-corrected chi connectivity index (χ4v) is 2.30. The maximum atomic E-state index is 4.22. The Balaban J connectivity index is 2.61. The first-order chi connectivity index (χ1) is 8.51. The highest BCUT2D eigenvalue weighted by Crippen LogP contribution is 2.29. The topological polar surface area (TPSA) is 42.7 Å². The number of hydrogen-bond donors (Lipinski definition) is 1. The molecule has 4 heteroatoms. The second kappa shape index (κ2) is 6.88. The summed E-state index contributed by atoms with van der Waals surface area (Å²) >= 11 is 0. The normalized spacial score (nSPS) is 12.3. The molecule has 0 atom stereocenters. The summed E-state index contributed by atoms with van der Waals surface area (Å²) in [6.07, 6.45) is 5.39. The van der Waals surface area contributed by atoms with E-state index in [4.69, 9.17) is 0 Å². The lowest BCUT2D eigenvalue weighted by Gasteiger charge is -2.31. The standard InChI is InChI=1S/C14H28N4/c1-6-14(7-2,11-15-9-12(3)4)8-13-10-18(5)17-16-13/h10,12,15H,6-9,11H2,1-5H3. The first-order valence-corrected chi connectivity index (χ1v) is 7.07. The van der Waals surface area contributed by atoms with Crippen LogP contribution in [0.15, 0.2) is 6.20 Å². The minimum atomic E-state index is 0.310. The van der Waals surface area contributed by atoms with E-state index in [1.54, 1.807) is 4.68 Å². The van der Waals surface area contributed by atoms with Crippen molar-refractivity contribution < 1.29 is 0 Å². The van der Waals surface area contributed by atoms with Crippen molar-refractivity contribution in [1.29, 1.82) is 0 Å². The highest BCUT2D eigenvalue weighted by Gasteiger charge is 2.27. The van der Waals surface area contributed by atoms with Gasteiger partial charge in [-0.05, 0) is 37.1 Å². The molecule has 0 aliphatic heterocycles. The number of aromatic nitrogens is 3. The first kappa shape index (κ1) is 15.2. The van der Waals surface area contributed by atoms with Crippen LogP contribution in [0.2, 0.25) is 0 Å². The molecule has 0 spiro atoms. The van der Waals surface area contributed by atoms with E-state index in [1.165, 1.54) is 12.8 Å². The molecular formula is C14H28N4. The number of hydrogen-bond acceptors (Lipinski definition) is 3. The molecule has 18 heavy (non-hydrogen) atoms. The molecule has 0 aliphatic rings. The molecule has 0 aliphatic carbocycles. The summed E-state index contributed by atoms with van der Waals surface area (Å²) in [7, 11) is 1.92. The Morgan fingerprint density at radius 2 is 2.00 bits per heavy atom. The molecule has 0 saturated carbocycles. The van der Waals surface area contributed by atoms with Crippen LogP contribution in [0.1, 0.15) is 46.2 Å². The van der Waals surface area contributed by atoms with Gasteiger partial charge >= 0.3 is 0 Å². The van der Waals surface area contributed by atoms with Gasteiger partial charge in [-0.3, -0.25) is 4.68 Å². The maximum absolute atomic E-state index is 4.22. The molecule has 0 radical (unpaired) electrons. The van der Waals surface area contributed by atoms with Gasteiger partial charge in [-0.25, -0.2) is 0 Å². The van der Waals surface area contributed by atoms with Gasteiger partial charge in [-0.15, -0.1) is 5.10 Å². The van der Waals surface area contributed by atoms with Gasteiger partial charge in [0.15, 0.2) is 0 Å². The van der Waals surface area contributed by atoms with Crippen molar-refractivity contribution >= 4 is 0 Å². The Hall–Kier alpha value is -0.900. The maximum Gasteiger partial charge on any atom is 0.0833 e. The number of rotatable bonds is 8. The lowest BCUT2D eigenvalue weighted by molar-refractivity contribution is 0.240. The second-order valence-electron chi connectivity index (χ2n) is 5.79. The van der Waals surface area contributed by atoms with E-state index >= 15 is 0 Å². The molecule has 1 N–H and O–H groups in total. The summed E-state index contributed by atoms with van der Waals surface area (Å²) in [6.45, 7) is 11.2. The summed E-state index contributed by atoms with van der Waals surface area (Å²) in [5.74, 6) is 0.702. The monoisotopic (exact) mass is 252 g/mol. The van der Waals surface area contributed by atoms with E-state index in [1.807, 2.05) is 13.2 Å². The minimum Gasteiger partial charge on any atom is -0.316 e. The second-order valence-corrected chi connectivity index (χ2v) is 5.79. The molecule has 1 aromatic rings. The predicted octanol–water partition coefficient (Wildman–Crippen LogP) is 2.41. The highest BCUT2D eigenvalue weighted by molar-refractivity contribution is 4.99. The van der Waals surface area contributed by atoms with Gasteiger partial charge in [0.1, 0.15) is 0 Å². The fourth-order valence-electron chi connectivity index (χ4n) is 2.30. The Labute approximate surface area is 111 Å². The highest BCUT2D eigenvalue weighted by atomic mass is 15.4. The van der Waals surface area contributed by atoms with Crippen molar-refractivity contribution in [1.82, 2.24) is 20.3 Å². The summed E-state index contributed by atoms with van der Waals surface area (Å²) < 4.78 is 1.78. The Bertz CT molecular complexity index is 339. The van der Waals surface area contributed by atoms with Gasteiger partial charge in [-0.2, -0.15) is 0 Å². The third kappa shape index (κ3) is 4.41. The van der Waals surface area contributed by atoms with E-state index in [-0.39, 0.29) is 0 Å². The molecule has 1 aromatic heterocycles. The zero-order valence-electron chi connectivity index (χ0n) is 12.5. The van der Waals surface area contributed by atoms with E-state index in [0.29, 0.717) is 11.3 Å². The average molecular weight is 252 g/mol. The molecular weight excluding hydrogens is 224 g/mol. The van der Waals surface area contributed by atoms with E-state index in [9.17, 15) is 0 Å². The summed E-state index contributed by atoms with van der Waals surface area (Å²) in [5, 5.41) is 11.8. The van der Waals surface area contributed by atoms with E-state index in [2.05, 4.69) is 43.3 Å². The van der Waals surface area contributed by atoms with Crippen molar-refractivity contribution in [2.45, 2.75) is 47.0 Å². The van der Waals surface area contributed by atoms with Gasteiger partial charge in [0.2, 0.25) is 0 Å². The van der Waals surface area contributed by atoms with Crippen molar-refractivity contribution in [3.63, 3.8) is 0 Å². The number of aryl methyl sites for hydroxylation is 1. The molecule has 1 heterocycles. The molecule has 0 unspecified atom stereocenters. The molecule has 0 saturated heterocycles. The van der Waals surface area contributed by atoms with Crippen LogP contribution in [0, 0.1) is 11.3 Å². The predicted molar refractivity (Wildman–Crippen MR) is 75.4 cm³/mol. The van der Waals surface area contributed by atoms with Crippen LogP contribution in [-0.4, -0.2) is 28.1 Å². The smallest absolute Gasteiger partial charge is 0.0833 e. The molecule has 0 bridgehead atoms. The average Bonchev–Trinajstić information content (AvgIpc) is 2.73. The van der Waals surface area contributed by atoms with Gasteiger partial charge < -0.3 is 5.32 Å². The molecule has 0 amide bonds. The Morgan fingerprint density at radius 3 is 2.44 bits per heavy atom. The van der Waals surface area contributed by atoms with Gasteiger partial charge in [0.05, 0.1) is 5.69 Å². The minimum absolute atomic E-state index is 0.310. The Morgan fingerprint density at radius 1 is 1.33 bits per heavy atom. The van der Waals surface area contributed by atoms with Crippen molar-refractivity contribution in [2.75, 3.05) is 13.1 Å². The molecule has 4 nitrogen and oxygen atoms in total. The van der Waals surface area contributed by atoms with Crippen LogP contribution >= 0.6 is 0 Å². The summed E-state index contributed by atoms with van der Waals surface area (Å²) in [6, 6.07) is 0. The van der Waals surface area contributed by atoms with Crippen LogP contribution in [0.25, 0.3) is 0 Å². The zero-order chi connectivity index (χ0) is 13.6. The van der Waals surface area contributed by atoms with E-state index in [0.717, 1.165) is 25.2 Å². The van der Waals surface area contributed by atoms with Crippen molar-refractivity contribution in [3.05, 3.63) is 11.9 Å². The lowest BCUT2D eigenvalue weighted by Crippen LogP contribution is -2.37. The fraction of sp³-hybridized carbons (Fsp3) is 0.857. The van der Waals surface area contributed by atoms with Crippen LogP contribution in [0.5, 0.6) is 0 Å². The SMILES string of the molecule is CCC(CC)(CNCC(C)C)Cc1cn(C)nn1. The summed E-state index contributed by atoms with van der Waals surface area (Å²) in [5.41, 5.74) is 1.41. The van der Waals surface area contributed by atoms with Crippen LogP contribution in [0.4, 0.5) is 0 Å². The van der Waals surface area contributed by atoms with Gasteiger partial charge in [-0.1, -0.05) is 32.9 Å². The molecule has 0 aromatic carbocycles. The van der Waals surface area contributed by atoms with Crippen LogP contribution in [0.3, 0.4) is 0 Å². The van der Waals surface area contributed by atoms with Gasteiger partial charge in [0, 0.05) is 19.8 Å². The first-order valence-electron chi connectivity index (χ1n) is 7.07. The van der Waals surface area contributed by atoms with Crippen molar-refractivity contribution in [2.24, 2.45) is 18.4 Å².